The first-order chi connectivity index (χ1) is 8.90. The Balaban J connectivity index is 0.00000361. The topological polar surface area (TPSA) is 82.0 Å². The van der Waals surface area contributed by atoms with Crippen molar-refractivity contribution in [3.8, 4) is 6.07 Å². The fourth-order valence-electron chi connectivity index (χ4n) is 1.67. The number of benzene rings is 1. The third-order valence-electron chi connectivity index (χ3n) is 2.76. The Morgan fingerprint density at radius 2 is 2.05 bits per heavy atom. The lowest BCUT2D eigenvalue weighted by Gasteiger charge is -2.14. The number of nitriles is 1. The van der Waals surface area contributed by atoms with E-state index in [4.69, 9.17) is 5.26 Å². The molecule has 20 heavy (non-hydrogen) atoms. The van der Waals surface area contributed by atoms with E-state index in [1.165, 1.54) is 18.2 Å². The molecule has 0 radical (unpaired) electrons. The summed E-state index contributed by atoms with van der Waals surface area (Å²) in [6, 6.07) is 6.57. The number of hydrogen-bond donors (Lipinski definition) is 2. The van der Waals surface area contributed by atoms with E-state index in [2.05, 4.69) is 10.0 Å². The van der Waals surface area contributed by atoms with Crippen molar-refractivity contribution < 1.29 is 8.42 Å². The normalized spacial score (nSPS) is 12.3. The molecule has 5 nitrogen and oxygen atoms in total. The first kappa shape index (κ1) is 18.9. The molecule has 0 saturated carbocycles. The molecule has 0 amide bonds. The minimum absolute atomic E-state index is 0. The van der Waals surface area contributed by atoms with Crippen LogP contribution in [0.4, 0.5) is 0 Å². The first-order valence-electron chi connectivity index (χ1n) is 6.14. The quantitative estimate of drug-likeness (QED) is 0.834. The van der Waals surface area contributed by atoms with Crippen LogP contribution in [0.15, 0.2) is 23.1 Å². The van der Waals surface area contributed by atoms with Crippen LogP contribution in [0.3, 0.4) is 0 Å². The number of nitrogens with zero attached hydrogens (tertiary/aromatic N) is 1. The van der Waals surface area contributed by atoms with Gasteiger partial charge in [-0.15, -0.1) is 12.4 Å². The molecule has 0 saturated heterocycles. The van der Waals surface area contributed by atoms with Crippen molar-refractivity contribution in [2.24, 2.45) is 0 Å². The monoisotopic (exact) mass is 317 g/mol. The van der Waals surface area contributed by atoms with Crippen LogP contribution < -0.4 is 10.0 Å². The molecule has 1 aromatic carbocycles. The minimum atomic E-state index is -3.52. The lowest BCUT2D eigenvalue weighted by atomic mass is 10.1. The highest BCUT2D eigenvalue weighted by Gasteiger charge is 2.15. The molecule has 7 heteroatoms. The largest absolute Gasteiger partial charge is 0.313 e. The molecule has 112 valence electrons. The van der Waals surface area contributed by atoms with Gasteiger partial charge in [0.25, 0.3) is 0 Å². The second-order valence-corrected chi connectivity index (χ2v) is 6.17. The summed E-state index contributed by atoms with van der Waals surface area (Å²) in [4.78, 5) is 0.188. The van der Waals surface area contributed by atoms with Gasteiger partial charge >= 0.3 is 0 Å². The summed E-state index contributed by atoms with van der Waals surface area (Å²) in [6.07, 6.45) is 0. The highest BCUT2D eigenvalue weighted by molar-refractivity contribution is 7.89. The van der Waals surface area contributed by atoms with E-state index in [9.17, 15) is 8.42 Å². The number of likely N-dealkylation sites (N-methyl/N-ethyl adjacent to an activating group) is 1. The van der Waals surface area contributed by atoms with E-state index in [0.717, 1.165) is 6.54 Å². The average Bonchev–Trinajstić information content (AvgIpc) is 2.37. The van der Waals surface area contributed by atoms with Crippen LogP contribution in [-0.4, -0.2) is 27.5 Å². The van der Waals surface area contributed by atoms with E-state index in [-0.39, 0.29) is 23.3 Å². The maximum Gasteiger partial charge on any atom is 0.240 e. The van der Waals surface area contributed by atoms with Crippen molar-refractivity contribution in [3.63, 3.8) is 0 Å². The van der Waals surface area contributed by atoms with Gasteiger partial charge in [-0.2, -0.15) is 5.26 Å². The summed E-state index contributed by atoms with van der Waals surface area (Å²) in [5, 5.41) is 12.0. The standard InChI is InChI=1S/C13H19N3O2S.ClH/c1-4-15-11(3)9-16-19(17,18)13-6-5-12(8-14)10(2)7-13;/h5-7,11,15-16H,4,9H2,1-3H3;1H/t11-;/m1./s1. The van der Waals surface area contributed by atoms with E-state index in [1.807, 2.05) is 19.9 Å². The summed E-state index contributed by atoms with van der Waals surface area (Å²) in [7, 11) is -3.52. The van der Waals surface area contributed by atoms with E-state index >= 15 is 0 Å². The zero-order valence-electron chi connectivity index (χ0n) is 11.8. The molecule has 0 aliphatic carbocycles. The van der Waals surface area contributed by atoms with E-state index in [0.29, 0.717) is 17.7 Å². The average molecular weight is 318 g/mol. The number of halogens is 1. The van der Waals surface area contributed by atoms with E-state index in [1.54, 1.807) is 6.92 Å². The van der Waals surface area contributed by atoms with Gasteiger partial charge in [0, 0.05) is 12.6 Å². The molecule has 0 aromatic heterocycles. The van der Waals surface area contributed by atoms with Gasteiger partial charge in [0.1, 0.15) is 0 Å². The maximum atomic E-state index is 12.1. The van der Waals surface area contributed by atoms with Crippen LogP contribution in [0, 0.1) is 18.3 Å². The predicted octanol–water partition coefficient (Wildman–Crippen LogP) is 1.56. The molecule has 0 aliphatic heterocycles. The van der Waals surface area contributed by atoms with E-state index < -0.39 is 10.0 Å². The first-order valence-corrected chi connectivity index (χ1v) is 7.62. The summed E-state index contributed by atoms with van der Waals surface area (Å²) < 4.78 is 26.7. The lowest BCUT2D eigenvalue weighted by Crippen LogP contribution is -2.38. The minimum Gasteiger partial charge on any atom is -0.313 e. The van der Waals surface area contributed by atoms with Crippen molar-refractivity contribution in [1.82, 2.24) is 10.0 Å². The van der Waals surface area contributed by atoms with Gasteiger partial charge in [-0.3, -0.25) is 0 Å². The summed E-state index contributed by atoms with van der Waals surface area (Å²) in [6.45, 7) is 6.72. The van der Waals surface area contributed by atoms with Crippen LogP contribution in [-0.2, 0) is 10.0 Å². The van der Waals surface area contributed by atoms with Crippen LogP contribution in [0.2, 0.25) is 0 Å². The van der Waals surface area contributed by atoms with Crippen molar-refractivity contribution in [2.45, 2.75) is 31.7 Å². The van der Waals surface area contributed by atoms with Gasteiger partial charge in [0.05, 0.1) is 16.5 Å². The molecular weight excluding hydrogens is 298 g/mol. The Morgan fingerprint density at radius 1 is 1.40 bits per heavy atom. The number of nitrogens with one attached hydrogen (secondary N) is 2. The Labute approximate surface area is 126 Å². The van der Waals surface area contributed by atoms with Gasteiger partial charge in [-0.05, 0) is 44.2 Å². The Bertz CT molecular complexity index is 582. The lowest BCUT2D eigenvalue weighted by molar-refractivity contribution is 0.536. The molecule has 0 unspecified atom stereocenters. The van der Waals surface area contributed by atoms with Crippen molar-refractivity contribution in [2.75, 3.05) is 13.1 Å². The molecule has 1 aromatic rings. The molecule has 1 atom stereocenters. The predicted molar refractivity (Wildman–Crippen MR) is 81.5 cm³/mol. The zero-order chi connectivity index (χ0) is 14.5. The SMILES string of the molecule is CCN[C@H](C)CNS(=O)(=O)c1ccc(C#N)c(C)c1.Cl. The molecule has 0 heterocycles. The Kier molecular flexibility index (Phi) is 7.76. The second kappa shape index (κ2) is 8.22. The van der Waals surface area contributed by atoms with Crippen LogP contribution in [0.5, 0.6) is 0 Å². The smallest absolute Gasteiger partial charge is 0.240 e. The number of sulfonamides is 1. The third-order valence-corrected chi connectivity index (χ3v) is 4.18. The molecule has 0 spiro atoms. The summed E-state index contributed by atoms with van der Waals surface area (Å²) in [5.74, 6) is 0. The Hall–Kier alpha value is -1.13. The van der Waals surface area contributed by atoms with Gasteiger partial charge in [-0.1, -0.05) is 6.92 Å². The maximum absolute atomic E-state index is 12.1. The molecular formula is C13H20ClN3O2S. The zero-order valence-corrected chi connectivity index (χ0v) is 13.4. The Morgan fingerprint density at radius 3 is 2.55 bits per heavy atom. The number of hydrogen-bond acceptors (Lipinski definition) is 4. The van der Waals surface area contributed by atoms with Crippen molar-refractivity contribution in [1.29, 1.82) is 5.26 Å². The second-order valence-electron chi connectivity index (χ2n) is 4.40. The van der Waals surface area contributed by atoms with Gasteiger partial charge in [0.2, 0.25) is 10.0 Å². The van der Waals surface area contributed by atoms with Crippen molar-refractivity contribution in [3.05, 3.63) is 29.3 Å². The third kappa shape index (κ3) is 5.10. The highest BCUT2D eigenvalue weighted by Crippen LogP contribution is 2.14. The fraction of sp³-hybridized carbons (Fsp3) is 0.462. The van der Waals surface area contributed by atoms with Crippen LogP contribution >= 0.6 is 12.4 Å². The van der Waals surface area contributed by atoms with Gasteiger partial charge in [0.15, 0.2) is 0 Å². The number of rotatable bonds is 6. The van der Waals surface area contributed by atoms with Gasteiger partial charge in [-0.25, -0.2) is 13.1 Å². The molecule has 2 N–H and O–H groups in total. The molecule has 0 fully saturated rings. The van der Waals surface area contributed by atoms with Gasteiger partial charge < -0.3 is 5.32 Å². The summed E-state index contributed by atoms with van der Waals surface area (Å²) >= 11 is 0. The fourth-order valence-corrected chi connectivity index (χ4v) is 2.88. The highest BCUT2D eigenvalue weighted by atomic mass is 35.5. The molecule has 0 bridgehead atoms. The molecule has 1 rings (SSSR count). The van der Waals surface area contributed by atoms with Crippen LogP contribution in [0.1, 0.15) is 25.0 Å². The van der Waals surface area contributed by atoms with Crippen molar-refractivity contribution >= 4 is 22.4 Å². The molecule has 0 aliphatic rings. The summed E-state index contributed by atoms with van der Waals surface area (Å²) in [5.41, 5.74) is 1.14. The number of aryl methyl sites for hydroxylation is 1. The van der Waals surface area contributed by atoms with Crippen LogP contribution in [0.25, 0.3) is 0 Å².